The quantitative estimate of drug-likeness (QED) is 0.798. The van der Waals surface area contributed by atoms with Crippen molar-refractivity contribution in [3.63, 3.8) is 0 Å². The molecular formula is C12H8BrF2NO. The van der Waals surface area contributed by atoms with Gasteiger partial charge in [-0.15, -0.1) is 0 Å². The third kappa shape index (κ3) is 3.00. The highest BCUT2D eigenvalue weighted by molar-refractivity contribution is 9.08. The van der Waals surface area contributed by atoms with Crippen LogP contribution in [0.5, 0.6) is 11.6 Å². The third-order valence-electron chi connectivity index (χ3n) is 2.04. The zero-order valence-corrected chi connectivity index (χ0v) is 10.2. The van der Waals surface area contributed by atoms with E-state index in [0.29, 0.717) is 11.2 Å². The van der Waals surface area contributed by atoms with Gasteiger partial charge in [-0.25, -0.2) is 13.8 Å². The number of pyridine rings is 1. The molecule has 88 valence electrons. The van der Waals surface area contributed by atoms with Gasteiger partial charge in [0.15, 0.2) is 0 Å². The molecule has 0 radical (unpaired) electrons. The minimum atomic E-state index is -0.684. The molecule has 0 unspecified atom stereocenters. The second-order valence-electron chi connectivity index (χ2n) is 3.31. The summed E-state index contributed by atoms with van der Waals surface area (Å²) >= 11 is 3.28. The van der Waals surface area contributed by atoms with Gasteiger partial charge in [0.05, 0.1) is 0 Å². The summed E-state index contributed by atoms with van der Waals surface area (Å²) in [4.78, 5) is 4.01. The number of aromatic nitrogens is 1. The van der Waals surface area contributed by atoms with Crippen LogP contribution < -0.4 is 4.74 Å². The van der Waals surface area contributed by atoms with Crippen LogP contribution in [0.1, 0.15) is 5.56 Å². The van der Waals surface area contributed by atoms with Gasteiger partial charge in [0.2, 0.25) is 5.88 Å². The van der Waals surface area contributed by atoms with E-state index in [0.717, 1.165) is 23.8 Å². The number of halogens is 3. The van der Waals surface area contributed by atoms with E-state index in [1.165, 1.54) is 0 Å². The highest BCUT2D eigenvalue weighted by Gasteiger charge is 2.07. The predicted octanol–water partition coefficient (Wildman–Crippen LogP) is 4.05. The van der Waals surface area contributed by atoms with Crippen molar-refractivity contribution in [2.45, 2.75) is 5.33 Å². The Morgan fingerprint density at radius 3 is 2.53 bits per heavy atom. The molecule has 17 heavy (non-hydrogen) atoms. The Morgan fingerprint density at radius 2 is 1.88 bits per heavy atom. The normalized spacial score (nSPS) is 10.3. The number of benzene rings is 1. The van der Waals surface area contributed by atoms with Crippen LogP contribution in [0.25, 0.3) is 0 Å². The van der Waals surface area contributed by atoms with Gasteiger partial charge >= 0.3 is 0 Å². The Kier molecular flexibility index (Phi) is 3.68. The Labute approximate surface area is 105 Å². The molecule has 0 saturated carbocycles. The van der Waals surface area contributed by atoms with Crippen LogP contribution in [0.3, 0.4) is 0 Å². The minimum Gasteiger partial charge on any atom is -0.439 e. The van der Waals surface area contributed by atoms with Gasteiger partial charge in [-0.05, 0) is 6.07 Å². The fourth-order valence-electron chi connectivity index (χ4n) is 1.32. The smallest absolute Gasteiger partial charge is 0.223 e. The molecule has 2 rings (SSSR count). The summed E-state index contributed by atoms with van der Waals surface area (Å²) in [6, 6.07) is 6.57. The van der Waals surface area contributed by atoms with E-state index < -0.39 is 11.6 Å². The van der Waals surface area contributed by atoms with Gasteiger partial charge < -0.3 is 4.74 Å². The lowest BCUT2D eigenvalue weighted by Gasteiger charge is -2.08. The molecule has 1 heterocycles. The predicted molar refractivity (Wildman–Crippen MR) is 63.3 cm³/mol. The summed E-state index contributed by atoms with van der Waals surface area (Å²) in [7, 11) is 0. The lowest BCUT2D eigenvalue weighted by atomic mass is 10.3. The number of ether oxygens (including phenoxy) is 1. The van der Waals surface area contributed by atoms with E-state index in [1.807, 2.05) is 6.07 Å². The average Bonchev–Trinajstić information content (AvgIpc) is 2.28. The highest BCUT2D eigenvalue weighted by Crippen LogP contribution is 2.25. The molecule has 0 aliphatic rings. The van der Waals surface area contributed by atoms with Crippen LogP contribution in [0.2, 0.25) is 0 Å². The summed E-state index contributed by atoms with van der Waals surface area (Å²) in [5.74, 6) is -0.953. The number of alkyl halides is 1. The molecule has 2 aromatic rings. The van der Waals surface area contributed by atoms with Crippen LogP contribution in [0, 0.1) is 11.6 Å². The Hall–Kier alpha value is -1.49. The number of hydrogen-bond acceptors (Lipinski definition) is 2. The van der Waals surface area contributed by atoms with Crippen LogP contribution in [0.15, 0.2) is 36.5 Å². The minimum absolute atomic E-state index is 0.0865. The standard InChI is InChI=1S/C12H8BrF2NO/c13-7-8-2-1-3-16-12(8)17-11-5-9(14)4-10(15)6-11/h1-6H,7H2. The Balaban J connectivity index is 2.31. The van der Waals surface area contributed by atoms with E-state index in [2.05, 4.69) is 20.9 Å². The fourth-order valence-corrected chi connectivity index (χ4v) is 1.74. The molecule has 2 nitrogen and oxygen atoms in total. The molecule has 0 fully saturated rings. The van der Waals surface area contributed by atoms with Gasteiger partial charge in [-0.2, -0.15) is 0 Å². The van der Waals surface area contributed by atoms with Crippen molar-refractivity contribution < 1.29 is 13.5 Å². The highest BCUT2D eigenvalue weighted by atomic mass is 79.9. The first-order chi connectivity index (χ1) is 8.19. The van der Waals surface area contributed by atoms with Crippen molar-refractivity contribution in [3.05, 3.63) is 53.7 Å². The molecular weight excluding hydrogens is 292 g/mol. The van der Waals surface area contributed by atoms with Crippen molar-refractivity contribution in [3.8, 4) is 11.6 Å². The van der Waals surface area contributed by atoms with Gasteiger partial charge in [0, 0.05) is 35.3 Å². The number of hydrogen-bond donors (Lipinski definition) is 0. The second-order valence-corrected chi connectivity index (χ2v) is 3.87. The summed E-state index contributed by atoms with van der Waals surface area (Å²) in [6.07, 6.45) is 1.55. The Morgan fingerprint density at radius 1 is 1.18 bits per heavy atom. The molecule has 0 amide bonds. The molecule has 0 spiro atoms. The summed E-state index contributed by atoms with van der Waals surface area (Å²) in [6.45, 7) is 0. The lowest BCUT2D eigenvalue weighted by molar-refractivity contribution is 0.447. The van der Waals surface area contributed by atoms with Gasteiger partial charge in [0.1, 0.15) is 17.4 Å². The van der Waals surface area contributed by atoms with E-state index >= 15 is 0 Å². The average molecular weight is 300 g/mol. The first-order valence-electron chi connectivity index (χ1n) is 4.83. The third-order valence-corrected chi connectivity index (χ3v) is 2.65. The fraction of sp³-hybridized carbons (Fsp3) is 0.0833. The van der Waals surface area contributed by atoms with Crippen LogP contribution in [-0.2, 0) is 5.33 Å². The zero-order valence-electron chi connectivity index (χ0n) is 8.66. The molecule has 0 bridgehead atoms. The second kappa shape index (κ2) is 5.23. The molecule has 5 heteroatoms. The molecule has 0 saturated heterocycles. The zero-order chi connectivity index (χ0) is 12.3. The summed E-state index contributed by atoms with van der Waals surface area (Å²) < 4.78 is 31.3. The lowest BCUT2D eigenvalue weighted by Crippen LogP contribution is -1.93. The SMILES string of the molecule is Fc1cc(F)cc(Oc2ncccc2CBr)c1. The van der Waals surface area contributed by atoms with Crippen LogP contribution >= 0.6 is 15.9 Å². The maximum Gasteiger partial charge on any atom is 0.223 e. The molecule has 0 aliphatic carbocycles. The Bertz CT molecular complexity index is 513. The van der Waals surface area contributed by atoms with Crippen LogP contribution in [-0.4, -0.2) is 4.98 Å². The van der Waals surface area contributed by atoms with Gasteiger partial charge in [-0.3, -0.25) is 0 Å². The summed E-state index contributed by atoms with van der Waals surface area (Å²) in [5.41, 5.74) is 0.803. The summed E-state index contributed by atoms with van der Waals surface area (Å²) in [5, 5.41) is 0.550. The molecule has 1 aromatic carbocycles. The molecule has 0 aliphatic heterocycles. The van der Waals surface area contributed by atoms with Crippen LogP contribution in [0.4, 0.5) is 8.78 Å². The van der Waals surface area contributed by atoms with Gasteiger partial charge in [0.25, 0.3) is 0 Å². The molecule has 0 N–H and O–H groups in total. The molecule has 0 atom stereocenters. The monoisotopic (exact) mass is 299 g/mol. The molecule has 1 aromatic heterocycles. The first-order valence-corrected chi connectivity index (χ1v) is 5.95. The maximum absolute atomic E-state index is 13.0. The van der Waals surface area contributed by atoms with Crippen molar-refractivity contribution in [1.82, 2.24) is 4.98 Å². The van der Waals surface area contributed by atoms with E-state index in [4.69, 9.17) is 4.74 Å². The maximum atomic E-state index is 13.0. The van der Waals surface area contributed by atoms with E-state index in [1.54, 1.807) is 12.3 Å². The first kappa shape index (κ1) is 12.0. The van der Waals surface area contributed by atoms with Crippen molar-refractivity contribution >= 4 is 15.9 Å². The van der Waals surface area contributed by atoms with Gasteiger partial charge in [-0.1, -0.05) is 22.0 Å². The number of nitrogens with zero attached hydrogens (tertiary/aromatic N) is 1. The van der Waals surface area contributed by atoms with E-state index in [-0.39, 0.29) is 5.75 Å². The topological polar surface area (TPSA) is 22.1 Å². The van der Waals surface area contributed by atoms with E-state index in [9.17, 15) is 8.78 Å². The largest absolute Gasteiger partial charge is 0.439 e. The van der Waals surface area contributed by atoms with Crippen molar-refractivity contribution in [2.75, 3.05) is 0 Å². The van der Waals surface area contributed by atoms with Crippen molar-refractivity contribution in [2.24, 2.45) is 0 Å². The number of rotatable bonds is 3. The van der Waals surface area contributed by atoms with Crippen molar-refractivity contribution in [1.29, 1.82) is 0 Å².